The van der Waals surface area contributed by atoms with Gasteiger partial charge in [0.2, 0.25) is 0 Å². The number of hydrogen-bond donors (Lipinski definition) is 4. The van der Waals surface area contributed by atoms with E-state index in [1.165, 1.54) is 31.5 Å². The van der Waals surface area contributed by atoms with E-state index in [9.17, 15) is 9.59 Å². The minimum absolute atomic E-state index is 0.0949. The summed E-state index contributed by atoms with van der Waals surface area (Å²) < 4.78 is 0. The number of nitrogens with two attached hydrogens (primary N) is 2. The number of rotatable bonds is 4. The summed E-state index contributed by atoms with van der Waals surface area (Å²) in [5.41, 5.74) is 11.8. The maximum Gasteiger partial charge on any atom is 0.356 e. The number of carbonyl (C=O) groups is 2. The van der Waals surface area contributed by atoms with Gasteiger partial charge < -0.3 is 21.9 Å². The van der Waals surface area contributed by atoms with Crippen molar-refractivity contribution in [1.82, 2.24) is 15.3 Å². The molecule has 0 radical (unpaired) electrons. The average molecular weight is 343 g/mol. The van der Waals surface area contributed by atoms with Gasteiger partial charge in [-0.15, -0.1) is 0 Å². The van der Waals surface area contributed by atoms with Gasteiger partial charge in [0.1, 0.15) is 0 Å². The van der Waals surface area contributed by atoms with Gasteiger partial charge in [-0.05, 0) is 43.0 Å². The number of nitrogen functional groups attached to an aromatic ring is 2. The number of aromatic nitrogens is 2. The van der Waals surface area contributed by atoms with Crippen LogP contribution in [-0.2, 0) is 0 Å². The van der Waals surface area contributed by atoms with Crippen molar-refractivity contribution in [2.75, 3.05) is 18.0 Å². The second-order valence-corrected chi connectivity index (χ2v) is 5.69. The molecule has 25 heavy (non-hydrogen) atoms. The smallest absolute Gasteiger partial charge is 0.356 e. The molecule has 1 fully saturated rings. The number of carboxylic acids is 1. The van der Waals surface area contributed by atoms with Crippen molar-refractivity contribution in [3.05, 3.63) is 48.0 Å². The maximum absolute atomic E-state index is 11.7. The molecule has 6 N–H and O–H groups in total. The van der Waals surface area contributed by atoms with Gasteiger partial charge in [0.05, 0.1) is 11.4 Å². The number of amides is 1. The topological polar surface area (TPSA) is 144 Å². The number of carbonyl (C=O) groups excluding carboxylic acids is 1. The Morgan fingerprint density at radius 3 is 2.04 bits per heavy atom. The van der Waals surface area contributed by atoms with E-state index in [4.69, 9.17) is 16.6 Å². The number of pyridine rings is 2. The maximum atomic E-state index is 11.7. The van der Waals surface area contributed by atoms with Crippen molar-refractivity contribution in [3.63, 3.8) is 0 Å². The third kappa shape index (κ3) is 5.17. The third-order valence-corrected chi connectivity index (χ3v) is 3.87. The Kier molecular flexibility index (Phi) is 6.27. The highest BCUT2D eigenvalue weighted by Gasteiger charge is 2.19. The number of nitrogens with zero attached hydrogens (tertiary/aromatic N) is 2. The van der Waals surface area contributed by atoms with Crippen molar-refractivity contribution >= 4 is 23.3 Å². The van der Waals surface area contributed by atoms with Gasteiger partial charge in [-0.25, -0.2) is 14.8 Å². The summed E-state index contributed by atoms with van der Waals surface area (Å²) in [6.45, 7) is 0.745. The molecule has 1 aliphatic carbocycles. The van der Waals surface area contributed by atoms with Crippen LogP contribution >= 0.6 is 0 Å². The van der Waals surface area contributed by atoms with Crippen molar-refractivity contribution in [2.45, 2.75) is 19.3 Å². The van der Waals surface area contributed by atoms with Gasteiger partial charge >= 0.3 is 5.97 Å². The normalized spacial score (nSPS) is 13.1. The lowest BCUT2D eigenvalue weighted by atomic mass is 9.85. The van der Waals surface area contributed by atoms with E-state index in [0.29, 0.717) is 17.3 Å². The number of aromatic carboxylic acids is 1. The molecule has 0 saturated heterocycles. The lowest BCUT2D eigenvalue weighted by Crippen LogP contribution is -2.33. The highest BCUT2D eigenvalue weighted by atomic mass is 16.4. The van der Waals surface area contributed by atoms with Gasteiger partial charge in [-0.2, -0.15) is 0 Å². The lowest BCUT2D eigenvalue weighted by Gasteiger charge is -2.25. The van der Waals surface area contributed by atoms with E-state index in [1.54, 1.807) is 24.4 Å². The van der Waals surface area contributed by atoms with E-state index in [0.717, 1.165) is 6.54 Å². The second-order valence-electron chi connectivity index (χ2n) is 5.69. The molecule has 0 aromatic carbocycles. The lowest BCUT2D eigenvalue weighted by molar-refractivity contribution is 0.0691. The minimum atomic E-state index is -1.10. The van der Waals surface area contributed by atoms with Crippen LogP contribution in [0.4, 0.5) is 11.4 Å². The fraction of sp³-hybridized carbons (Fsp3) is 0.294. The SMILES string of the molecule is Nc1cccnc1C(=O)NCC1CCC1.Nc1cccnc1C(=O)O. The van der Waals surface area contributed by atoms with Crippen molar-refractivity contribution in [3.8, 4) is 0 Å². The molecule has 0 unspecified atom stereocenters. The Labute approximate surface area is 145 Å². The zero-order chi connectivity index (χ0) is 18.2. The van der Waals surface area contributed by atoms with Crippen LogP contribution in [0, 0.1) is 5.92 Å². The first-order valence-corrected chi connectivity index (χ1v) is 7.91. The monoisotopic (exact) mass is 343 g/mol. The molecule has 132 valence electrons. The van der Waals surface area contributed by atoms with Crippen LogP contribution in [-0.4, -0.2) is 33.5 Å². The molecule has 2 aromatic rings. The Bertz CT molecular complexity index is 747. The van der Waals surface area contributed by atoms with Crippen LogP contribution < -0.4 is 16.8 Å². The molecule has 1 amide bonds. The molecule has 3 rings (SSSR count). The first-order chi connectivity index (χ1) is 12.0. The summed E-state index contributed by atoms with van der Waals surface area (Å²) in [5.74, 6) is -0.614. The molecule has 0 spiro atoms. The number of anilines is 2. The van der Waals surface area contributed by atoms with Crippen LogP contribution in [0.25, 0.3) is 0 Å². The van der Waals surface area contributed by atoms with Crippen molar-refractivity contribution in [1.29, 1.82) is 0 Å². The van der Waals surface area contributed by atoms with Crippen molar-refractivity contribution < 1.29 is 14.7 Å². The molecular formula is C17H21N5O3. The van der Waals surface area contributed by atoms with Crippen LogP contribution in [0.15, 0.2) is 36.7 Å². The summed E-state index contributed by atoms with van der Waals surface area (Å²) in [5, 5.41) is 11.3. The standard InChI is InChI=1S/C11H15N3O.C6H6N2O2/c12-9-5-2-6-13-10(9)11(15)14-7-8-3-1-4-8;7-4-2-1-3-8-5(4)6(9)10/h2,5-6,8H,1,3-4,7,12H2,(H,14,15);1-3H,7H2,(H,9,10). The molecule has 0 atom stereocenters. The largest absolute Gasteiger partial charge is 0.476 e. The highest BCUT2D eigenvalue weighted by Crippen LogP contribution is 2.25. The molecule has 8 heteroatoms. The summed E-state index contributed by atoms with van der Waals surface area (Å²) >= 11 is 0. The molecule has 0 bridgehead atoms. The fourth-order valence-corrected chi connectivity index (χ4v) is 2.22. The Morgan fingerprint density at radius 2 is 1.64 bits per heavy atom. The Balaban J connectivity index is 0.000000196. The van der Waals surface area contributed by atoms with Crippen LogP contribution in [0.2, 0.25) is 0 Å². The summed E-state index contributed by atoms with van der Waals surface area (Å²) in [7, 11) is 0. The summed E-state index contributed by atoms with van der Waals surface area (Å²) in [6.07, 6.45) is 6.69. The molecule has 8 nitrogen and oxygen atoms in total. The first-order valence-electron chi connectivity index (χ1n) is 7.91. The zero-order valence-electron chi connectivity index (χ0n) is 13.7. The van der Waals surface area contributed by atoms with Gasteiger partial charge in [-0.1, -0.05) is 6.42 Å². The van der Waals surface area contributed by atoms with E-state index in [1.807, 2.05) is 0 Å². The number of nitrogens with one attached hydrogen (secondary N) is 1. The predicted molar refractivity (Wildman–Crippen MR) is 93.9 cm³/mol. The van der Waals surface area contributed by atoms with Gasteiger partial charge in [-0.3, -0.25) is 4.79 Å². The van der Waals surface area contributed by atoms with E-state index < -0.39 is 5.97 Å². The second kappa shape index (κ2) is 8.62. The van der Waals surface area contributed by atoms with Crippen LogP contribution in [0.1, 0.15) is 40.2 Å². The van der Waals surface area contributed by atoms with Crippen LogP contribution in [0.3, 0.4) is 0 Å². The third-order valence-electron chi connectivity index (χ3n) is 3.87. The number of carboxylic acid groups (broad SMARTS) is 1. The molecule has 2 aromatic heterocycles. The van der Waals surface area contributed by atoms with Gasteiger partial charge in [0.25, 0.3) is 5.91 Å². The molecule has 1 aliphatic rings. The molecule has 2 heterocycles. The molecule has 0 aliphatic heterocycles. The summed E-state index contributed by atoms with van der Waals surface area (Å²) in [6, 6.07) is 6.49. The predicted octanol–water partition coefficient (Wildman–Crippen LogP) is 1.56. The minimum Gasteiger partial charge on any atom is -0.476 e. The Morgan fingerprint density at radius 1 is 1.08 bits per heavy atom. The first kappa shape index (κ1) is 18.2. The summed E-state index contributed by atoms with van der Waals surface area (Å²) in [4.78, 5) is 29.5. The molecular weight excluding hydrogens is 322 g/mol. The highest BCUT2D eigenvalue weighted by molar-refractivity contribution is 5.97. The van der Waals surface area contributed by atoms with E-state index in [-0.39, 0.29) is 17.3 Å². The van der Waals surface area contributed by atoms with Crippen LogP contribution in [0.5, 0.6) is 0 Å². The zero-order valence-corrected chi connectivity index (χ0v) is 13.7. The van der Waals surface area contributed by atoms with Gasteiger partial charge in [0.15, 0.2) is 11.4 Å². The Hall–Kier alpha value is -3.16. The fourth-order valence-electron chi connectivity index (χ4n) is 2.22. The number of hydrogen-bond acceptors (Lipinski definition) is 6. The van der Waals surface area contributed by atoms with E-state index in [2.05, 4.69) is 15.3 Å². The van der Waals surface area contributed by atoms with E-state index >= 15 is 0 Å². The average Bonchev–Trinajstić information content (AvgIpc) is 2.54. The van der Waals surface area contributed by atoms with Crippen molar-refractivity contribution in [2.24, 2.45) is 5.92 Å². The molecule has 1 saturated carbocycles. The van der Waals surface area contributed by atoms with Gasteiger partial charge in [0, 0.05) is 18.9 Å². The quantitative estimate of drug-likeness (QED) is 0.659.